The molecule has 0 unspecified atom stereocenters. The highest BCUT2D eigenvalue weighted by Crippen LogP contribution is 2.18. The molecule has 128 valence electrons. The van der Waals surface area contributed by atoms with Gasteiger partial charge in [0.2, 0.25) is 0 Å². The number of hydrogen-bond donors (Lipinski definition) is 1. The second kappa shape index (κ2) is 8.49. The topological polar surface area (TPSA) is 45.5 Å². The minimum Gasteiger partial charge on any atom is -0.444 e. The van der Waals surface area contributed by atoms with Gasteiger partial charge in [-0.2, -0.15) is 0 Å². The molecule has 2 heterocycles. The van der Waals surface area contributed by atoms with Crippen LogP contribution >= 0.6 is 15.9 Å². The van der Waals surface area contributed by atoms with Gasteiger partial charge in [0.1, 0.15) is 0 Å². The average molecular weight is 391 g/mol. The van der Waals surface area contributed by atoms with E-state index in [1.54, 1.807) is 12.1 Å². The number of amides is 1. The van der Waals surface area contributed by atoms with Crippen LogP contribution in [-0.2, 0) is 6.42 Å². The fourth-order valence-corrected chi connectivity index (χ4v) is 3.41. The van der Waals surface area contributed by atoms with Crippen molar-refractivity contribution in [2.75, 3.05) is 26.2 Å². The van der Waals surface area contributed by atoms with E-state index in [0.29, 0.717) is 16.3 Å². The number of carbonyl (C=O) groups excluding carboxylic acids is 1. The Morgan fingerprint density at radius 3 is 2.58 bits per heavy atom. The molecule has 0 atom stereocenters. The molecule has 1 aromatic heterocycles. The molecule has 0 spiro atoms. The van der Waals surface area contributed by atoms with Crippen LogP contribution in [0.4, 0.5) is 0 Å². The summed E-state index contributed by atoms with van der Waals surface area (Å²) < 4.78 is 5.86. The van der Waals surface area contributed by atoms with E-state index in [0.717, 1.165) is 45.4 Å². The van der Waals surface area contributed by atoms with E-state index in [1.165, 1.54) is 5.56 Å². The molecule has 0 radical (unpaired) electrons. The molecular weight excluding hydrogens is 368 g/mol. The first-order valence-corrected chi connectivity index (χ1v) is 9.30. The molecule has 24 heavy (non-hydrogen) atoms. The number of furan rings is 1. The molecule has 1 aromatic carbocycles. The molecule has 0 saturated carbocycles. The number of piperidine rings is 1. The van der Waals surface area contributed by atoms with Gasteiger partial charge in [-0.15, -0.1) is 0 Å². The van der Waals surface area contributed by atoms with Crippen molar-refractivity contribution in [3.05, 3.63) is 58.5 Å². The average Bonchev–Trinajstić information content (AvgIpc) is 3.06. The molecule has 0 bridgehead atoms. The van der Waals surface area contributed by atoms with Crippen molar-refractivity contribution in [3.63, 3.8) is 0 Å². The Hall–Kier alpha value is -1.59. The van der Waals surface area contributed by atoms with E-state index in [-0.39, 0.29) is 5.91 Å². The van der Waals surface area contributed by atoms with Gasteiger partial charge in [0.15, 0.2) is 10.4 Å². The van der Waals surface area contributed by atoms with Crippen molar-refractivity contribution in [3.8, 4) is 0 Å². The Labute approximate surface area is 151 Å². The Bertz CT molecular complexity index is 648. The highest BCUT2D eigenvalue weighted by molar-refractivity contribution is 9.10. The van der Waals surface area contributed by atoms with Gasteiger partial charge < -0.3 is 14.6 Å². The number of carbonyl (C=O) groups is 1. The molecule has 1 N–H and O–H groups in total. The Kier molecular flexibility index (Phi) is 6.10. The van der Waals surface area contributed by atoms with Crippen molar-refractivity contribution < 1.29 is 9.21 Å². The minimum absolute atomic E-state index is 0.132. The van der Waals surface area contributed by atoms with E-state index in [4.69, 9.17) is 4.42 Å². The Balaban J connectivity index is 1.35. The number of rotatable bonds is 6. The van der Waals surface area contributed by atoms with E-state index >= 15 is 0 Å². The van der Waals surface area contributed by atoms with Gasteiger partial charge in [-0.25, -0.2) is 0 Å². The smallest absolute Gasteiger partial charge is 0.287 e. The van der Waals surface area contributed by atoms with Crippen LogP contribution in [0.1, 0.15) is 29.0 Å². The van der Waals surface area contributed by atoms with Crippen molar-refractivity contribution in [1.82, 2.24) is 10.2 Å². The predicted molar refractivity (Wildman–Crippen MR) is 98.1 cm³/mol. The molecule has 3 rings (SSSR count). The van der Waals surface area contributed by atoms with Crippen LogP contribution in [0.5, 0.6) is 0 Å². The second-order valence-electron chi connectivity index (χ2n) is 6.33. The standard InChI is InChI=1S/C19H23BrN2O2/c20-18-7-6-17(24-18)19(23)21-14-16-9-12-22(13-10-16)11-8-15-4-2-1-3-5-15/h1-7,16H,8-14H2,(H,21,23). The number of nitrogens with zero attached hydrogens (tertiary/aromatic N) is 1. The van der Waals surface area contributed by atoms with Crippen LogP contribution in [0.15, 0.2) is 51.6 Å². The number of benzene rings is 1. The molecule has 1 aliphatic rings. The third kappa shape index (κ3) is 4.95. The van der Waals surface area contributed by atoms with E-state index < -0.39 is 0 Å². The van der Waals surface area contributed by atoms with E-state index in [2.05, 4.69) is 56.5 Å². The molecular formula is C19H23BrN2O2. The van der Waals surface area contributed by atoms with E-state index in [9.17, 15) is 4.79 Å². The lowest BCUT2D eigenvalue weighted by Gasteiger charge is -2.32. The summed E-state index contributed by atoms with van der Waals surface area (Å²) in [4.78, 5) is 14.5. The zero-order valence-electron chi connectivity index (χ0n) is 13.7. The van der Waals surface area contributed by atoms with Crippen molar-refractivity contribution in [2.45, 2.75) is 19.3 Å². The number of hydrogen-bond acceptors (Lipinski definition) is 3. The third-order valence-electron chi connectivity index (χ3n) is 4.61. The molecule has 2 aromatic rings. The van der Waals surface area contributed by atoms with Gasteiger partial charge in [-0.1, -0.05) is 30.3 Å². The number of nitrogens with one attached hydrogen (secondary N) is 1. The lowest BCUT2D eigenvalue weighted by molar-refractivity contribution is 0.0907. The number of likely N-dealkylation sites (tertiary alicyclic amines) is 1. The number of halogens is 1. The van der Waals surface area contributed by atoms with Crippen LogP contribution in [0, 0.1) is 5.92 Å². The molecule has 0 aliphatic carbocycles. The summed E-state index contributed by atoms with van der Waals surface area (Å²) >= 11 is 3.21. The van der Waals surface area contributed by atoms with Crippen molar-refractivity contribution in [2.24, 2.45) is 5.92 Å². The Morgan fingerprint density at radius 2 is 1.92 bits per heavy atom. The molecule has 4 nitrogen and oxygen atoms in total. The zero-order chi connectivity index (χ0) is 16.8. The normalized spacial score (nSPS) is 16.2. The molecule has 1 fully saturated rings. The summed E-state index contributed by atoms with van der Waals surface area (Å²) in [7, 11) is 0. The van der Waals surface area contributed by atoms with Gasteiger partial charge in [-0.05, 0) is 71.9 Å². The summed E-state index contributed by atoms with van der Waals surface area (Å²) in [5.41, 5.74) is 1.40. The first-order chi connectivity index (χ1) is 11.7. The monoisotopic (exact) mass is 390 g/mol. The largest absolute Gasteiger partial charge is 0.444 e. The Morgan fingerprint density at radius 1 is 1.17 bits per heavy atom. The third-order valence-corrected chi connectivity index (χ3v) is 5.04. The summed E-state index contributed by atoms with van der Waals surface area (Å²) in [6.45, 7) is 4.06. The quantitative estimate of drug-likeness (QED) is 0.816. The van der Waals surface area contributed by atoms with Crippen LogP contribution < -0.4 is 5.32 Å². The van der Waals surface area contributed by atoms with Crippen LogP contribution in [-0.4, -0.2) is 37.0 Å². The zero-order valence-corrected chi connectivity index (χ0v) is 15.3. The van der Waals surface area contributed by atoms with Gasteiger partial charge in [0, 0.05) is 13.1 Å². The summed E-state index contributed by atoms with van der Waals surface area (Å²) in [5, 5.41) is 2.98. The summed E-state index contributed by atoms with van der Waals surface area (Å²) in [6, 6.07) is 14.1. The molecule has 1 amide bonds. The van der Waals surface area contributed by atoms with Crippen molar-refractivity contribution >= 4 is 21.8 Å². The maximum Gasteiger partial charge on any atom is 0.287 e. The van der Waals surface area contributed by atoms with Crippen molar-refractivity contribution in [1.29, 1.82) is 0 Å². The lowest BCUT2D eigenvalue weighted by Crippen LogP contribution is -2.39. The van der Waals surface area contributed by atoms with Gasteiger partial charge >= 0.3 is 0 Å². The fraction of sp³-hybridized carbons (Fsp3) is 0.421. The van der Waals surface area contributed by atoms with Gasteiger partial charge in [0.05, 0.1) is 0 Å². The van der Waals surface area contributed by atoms with Crippen LogP contribution in [0.25, 0.3) is 0 Å². The lowest BCUT2D eigenvalue weighted by atomic mass is 9.96. The fourth-order valence-electron chi connectivity index (χ4n) is 3.11. The maximum atomic E-state index is 12.0. The van der Waals surface area contributed by atoms with Crippen LogP contribution in [0.2, 0.25) is 0 Å². The second-order valence-corrected chi connectivity index (χ2v) is 7.12. The summed E-state index contributed by atoms with van der Waals surface area (Å²) in [5.74, 6) is 0.787. The first kappa shape index (κ1) is 17.2. The molecule has 5 heteroatoms. The highest BCUT2D eigenvalue weighted by Gasteiger charge is 2.20. The van der Waals surface area contributed by atoms with Gasteiger partial charge in [0.25, 0.3) is 5.91 Å². The minimum atomic E-state index is -0.132. The first-order valence-electron chi connectivity index (χ1n) is 8.50. The SMILES string of the molecule is O=C(NCC1CCN(CCc2ccccc2)CC1)c1ccc(Br)o1. The predicted octanol–water partition coefficient (Wildman–Crippen LogP) is 3.73. The maximum absolute atomic E-state index is 12.0. The molecule has 1 saturated heterocycles. The van der Waals surface area contributed by atoms with E-state index in [1.807, 2.05) is 0 Å². The highest BCUT2D eigenvalue weighted by atomic mass is 79.9. The van der Waals surface area contributed by atoms with Gasteiger partial charge in [-0.3, -0.25) is 4.79 Å². The van der Waals surface area contributed by atoms with Crippen LogP contribution in [0.3, 0.4) is 0 Å². The summed E-state index contributed by atoms with van der Waals surface area (Å²) in [6.07, 6.45) is 3.38. The molecule has 1 aliphatic heterocycles.